The molecule has 2 N–H and O–H groups in total. The molecule has 1 aromatic heterocycles. The zero-order valence-corrected chi connectivity index (χ0v) is 15.6. The lowest BCUT2D eigenvalue weighted by Crippen LogP contribution is -2.28. The number of aromatic nitrogens is 1. The Morgan fingerprint density at radius 1 is 1.08 bits per heavy atom. The van der Waals surface area contributed by atoms with Gasteiger partial charge in [0.15, 0.2) is 0 Å². The summed E-state index contributed by atoms with van der Waals surface area (Å²) in [6.07, 6.45) is 0. The fraction of sp³-hybridized carbons (Fsp3) is 0.158. The summed E-state index contributed by atoms with van der Waals surface area (Å²) in [4.78, 5) is 5.75. The van der Waals surface area contributed by atoms with Crippen LogP contribution in [0.4, 0.5) is 11.4 Å². The first-order valence-corrected chi connectivity index (χ1v) is 8.76. The standard InChI is InChI=1S/C19H20N4O2S/c1-13-11-18(20)23(26-13)19(21-14-7-5-4-6-8-14)22-16-10-9-15(24-2)12-17(16)25-3/h4-12,20H,1-3H3,(H,21,22). The number of hydrogen-bond donors (Lipinski definition) is 2. The van der Waals surface area contributed by atoms with Crippen molar-refractivity contribution in [1.29, 1.82) is 5.41 Å². The van der Waals surface area contributed by atoms with Crippen LogP contribution in [0.1, 0.15) is 4.88 Å². The molecule has 0 unspecified atom stereocenters. The maximum absolute atomic E-state index is 8.22. The molecule has 26 heavy (non-hydrogen) atoms. The quantitative estimate of drug-likeness (QED) is 0.540. The van der Waals surface area contributed by atoms with E-state index >= 15 is 0 Å². The molecular formula is C19H20N4O2S. The van der Waals surface area contributed by atoms with Crippen molar-refractivity contribution in [3.8, 4) is 11.5 Å². The number of para-hydroxylation sites is 1. The number of hydrogen-bond acceptors (Lipinski definition) is 5. The second kappa shape index (κ2) is 7.88. The van der Waals surface area contributed by atoms with Crippen molar-refractivity contribution in [2.75, 3.05) is 19.5 Å². The third kappa shape index (κ3) is 3.94. The Balaban J connectivity index is 2.09. The molecular weight excluding hydrogens is 348 g/mol. The Morgan fingerprint density at radius 3 is 2.46 bits per heavy atom. The van der Waals surface area contributed by atoms with Gasteiger partial charge in [0, 0.05) is 16.6 Å². The summed E-state index contributed by atoms with van der Waals surface area (Å²) < 4.78 is 12.4. The summed E-state index contributed by atoms with van der Waals surface area (Å²) >= 11 is 1.45. The molecule has 1 heterocycles. The number of ether oxygens (including phenoxy) is 2. The van der Waals surface area contributed by atoms with Gasteiger partial charge < -0.3 is 14.8 Å². The van der Waals surface area contributed by atoms with Gasteiger partial charge in [-0.1, -0.05) is 29.7 Å². The molecule has 6 nitrogen and oxygen atoms in total. The van der Waals surface area contributed by atoms with E-state index in [9.17, 15) is 0 Å². The lowest BCUT2D eigenvalue weighted by atomic mass is 10.3. The highest BCUT2D eigenvalue weighted by atomic mass is 32.1. The Labute approximate surface area is 156 Å². The van der Waals surface area contributed by atoms with E-state index in [1.807, 2.05) is 49.4 Å². The van der Waals surface area contributed by atoms with Gasteiger partial charge in [0.1, 0.15) is 22.7 Å². The molecule has 0 saturated heterocycles. The highest BCUT2D eigenvalue weighted by Gasteiger charge is 2.11. The number of benzene rings is 2. The average molecular weight is 368 g/mol. The van der Waals surface area contributed by atoms with Crippen LogP contribution < -0.4 is 20.3 Å². The molecule has 0 fully saturated rings. The topological polar surface area (TPSA) is 71.6 Å². The lowest BCUT2D eigenvalue weighted by molar-refractivity contribution is 0.395. The maximum Gasteiger partial charge on any atom is 0.223 e. The smallest absolute Gasteiger partial charge is 0.223 e. The highest BCUT2D eigenvalue weighted by Crippen LogP contribution is 2.31. The molecule has 3 aromatic rings. The normalized spacial score (nSPS) is 11.3. The Bertz CT molecular complexity index is 977. The molecule has 0 saturated carbocycles. The van der Waals surface area contributed by atoms with Crippen LogP contribution in [0.3, 0.4) is 0 Å². The SMILES string of the molecule is COc1ccc(N=C(Nc2ccccc2)n2sc(C)cc2=N)c(OC)c1. The number of rotatable bonds is 4. The predicted molar refractivity (Wildman–Crippen MR) is 105 cm³/mol. The second-order valence-corrected chi connectivity index (χ2v) is 6.68. The number of methoxy groups -OCH3 is 2. The Hall–Kier alpha value is -3.06. The van der Waals surface area contributed by atoms with Gasteiger partial charge in [0.05, 0.1) is 14.2 Å². The fourth-order valence-electron chi connectivity index (χ4n) is 2.39. The summed E-state index contributed by atoms with van der Waals surface area (Å²) in [5, 5.41) is 11.5. The molecule has 0 aliphatic carbocycles. The van der Waals surface area contributed by atoms with Crippen molar-refractivity contribution in [1.82, 2.24) is 3.96 Å². The highest BCUT2D eigenvalue weighted by molar-refractivity contribution is 7.07. The van der Waals surface area contributed by atoms with Gasteiger partial charge in [-0.25, -0.2) is 8.95 Å². The first kappa shape index (κ1) is 17.8. The summed E-state index contributed by atoms with van der Waals surface area (Å²) in [7, 11) is 3.20. The van der Waals surface area contributed by atoms with Crippen molar-refractivity contribution in [3.05, 3.63) is 65.0 Å². The second-order valence-electron chi connectivity index (χ2n) is 5.49. The minimum atomic E-state index is 0.363. The number of aliphatic imine (C=N–C) groups is 1. The molecule has 2 aromatic carbocycles. The third-order valence-corrected chi connectivity index (χ3v) is 4.59. The van der Waals surface area contributed by atoms with E-state index in [1.165, 1.54) is 11.5 Å². The minimum absolute atomic E-state index is 0.363. The fourth-order valence-corrected chi connectivity index (χ4v) is 3.17. The van der Waals surface area contributed by atoms with Crippen LogP contribution in [0.25, 0.3) is 0 Å². The number of nitrogens with one attached hydrogen (secondary N) is 2. The zero-order valence-electron chi connectivity index (χ0n) is 14.8. The minimum Gasteiger partial charge on any atom is -0.497 e. The van der Waals surface area contributed by atoms with Gasteiger partial charge in [-0.2, -0.15) is 0 Å². The maximum atomic E-state index is 8.22. The van der Waals surface area contributed by atoms with Gasteiger partial charge in [-0.05, 0) is 37.3 Å². The molecule has 0 bridgehead atoms. The van der Waals surface area contributed by atoms with Crippen molar-refractivity contribution >= 4 is 28.9 Å². The van der Waals surface area contributed by atoms with E-state index in [4.69, 9.17) is 19.9 Å². The molecule has 134 valence electrons. The third-order valence-electron chi connectivity index (χ3n) is 3.63. The van der Waals surface area contributed by atoms with Crippen LogP contribution in [0.2, 0.25) is 0 Å². The van der Waals surface area contributed by atoms with Crippen molar-refractivity contribution in [2.24, 2.45) is 4.99 Å². The first-order valence-electron chi connectivity index (χ1n) is 7.98. The van der Waals surface area contributed by atoms with Crippen LogP contribution in [0.5, 0.6) is 11.5 Å². The number of anilines is 1. The summed E-state index contributed by atoms with van der Waals surface area (Å²) in [6, 6.07) is 17.0. The predicted octanol–water partition coefficient (Wildman–Crippen LogP) is 4.00. The summed E-state index contributed by atoms with van der Waals surface area (Å²) in [5.41, 5.74) is 1.89. The van der Waals surface area contributed by atoms with Crippen molar-refractivity contribution < 1.29 is 9.47 Å². The average Bonchev–Trinajstić information content (AvgIpc) is 3.00. The van der Waals surface area contributed by atoms with Crippen LogP contribution in [-0.2, 0) is 0 Å². The summed E-state index contributed by atoms with van der Waals surface area (Å²) in [6.45, 7) is 1.97. The van der Waals surface area contributed by atoms with Crippen LogP contribution >= 0.6 is 11.5 Å². The van der Waals surface area contributed by atoms with Gasteiger partial charge in [0.25, 0.3) is 0 Å². The van der Waals surface area contributed by atoms with E-state index in [2.05, 4.69) is 5.32 Å². The molecule has 0 amide bonds. The van der Waals surface area contributed by atoms with Crippen molar-refractivity contribution in [3.63, 3.8) is 0 Å². The lowest BCUT2D eigenvalue weighted by Gasteiger charge is -2.12. The van der Waals surface area contributed by atoms with Crippen molar-refractivity contribution in [2.45, 2.75) is 6.92 Å². The van der Waals surface area contributed by atoms with E-state index in [0.717, 1.165) is 10.6 Å². The van der Waals surface area contributed by atoms with Gasteiger partial charge >= 0.3 is 0 Å². The number of nitrogens with zero attached hydrogens (tertiary/aromatic N) is 2. The van der Waals surface area contributed by atoms with Gasteiger partial charge in [-0.3, -0.25) is 5.41 Å². The first-order chi connectivity index (χ1) is 12.6. The Kier molecular flexibility index (Phi) is 5.38. The summed E-state index contributed by atoms with van der Waals surface area (Å²) in [5.74, 6) is 1.82. The van der Waals surface area contributed by atoms with E-state index < -0.39 is 0 Å². The largest absolute Gasteiger partial charge is 0.497 e. The molecule has 0 atom stereocenters. The van der Waals surface area contributed by atoms with E-state index in [1.54, 1.807) is 30.3 Å². The molecule has 0 aliphatic heterocycles. The molecule has 7 heteroatoms. The Morgan fingerprint density at radius 2 is 1.85 bits per heavy atom. The van der Waals surface area contributed by atoms with E-state index in [0.29, 0.717) is 28.6 Å². The van der Waals surface area contributed by atoms with Crippen LogP contribution in [-0.4, -0.2) is 24.1 Å². The number of aryl methyl sites for hydroxylation is 1. The van der Waals surface area contributed by atoms with Crippen LogP contribution in [0.15, 0.2) is 59.6 Å². The van der Waals surface area contributed by atoms with Gasteiger partial charge in [-0.15, -0.1) is 0 Å². The molecule has 0 aliphatic rings. The monoisotopic (exact) mass is 368 g/mol. The van der Waals surface area contributed by atoms with Crippen LogP contribution in [0, 0.1) is 12.3 Å². The molecule has 3 rings (SSSR count). The van der Waals surface area contributed by atoms with Gasteiger partial charge in [0.2, 0.25) is 5.96 Å². The zero-order chi connectivity index (χ0) is 18.5. The van der Waals surface area contributed by atoms with E-state index in [-0.39, 0.29) is 0 Å². The molecule has 0 spiro atoms. The molecule has 0 radical (unpaired) electrons.